The monoisotopic (exact) mass is 934 g/mol. The molecule has 0 rings (SSSR count). The van der Waals surface area contributed by atoms with Gasteiger partial charge in [0.2, 0.25) is 5.91 Å². The van der Waals surface area contributed by atoms with Gasteiger partial charge in [-0.25, -0.2) is 4.57 Å². The zero-order valence-electron chi connectivity index (χ0n) is 43.2. The summed E-state index contributed by atoms with van der Waals surface area (Å²) < 4.78 is 23.6. The zero-order valence-corrected chi connectivity index (χ0v) is 44.1. The number of likely N-dealkylation sites (N-methyl/N-ethyl adjacent to an activating group) is 1. The van der Waals surface area contributed by atoms with Crippen molar-refractivity contribution in [2.75, 3.05) is 40.9 Å². The Labute approximate surface area is 402 Å². The molecule has 65 heavy (non-hydrogen) atoms. The van der Waals surface area contributed by atoms with Gasteiger partial charge in [0.25, 0.3) is 0 Å². The molecule has 3 unspecified atom stereocenters. The van der Waals surface area contributed by atoms with E-state index < -0.39 is 20.0 Å². The van der Waals surface area contributed by atoms with Crippen molar-refractivity contribution in [2.24, 2.45) is 0 Å². The Morgan fingerprint density at radius 3 is 1.35 bits per heavy atom. The first kappa shape index (κ1) is 63.2. The summed E-state index contributed by atoms with van der Waals surface area (Å²) in [6, 6.07) is -0.871. The first-order valence-corrected chi connectivity index (χ1v) is 28.7. The Kier molecular flexibility index (Phi) is 46.0. The van der Waals surface area contributed by atoms with E-state index in [1.54, 1.807) is 6.08 Å². The Morgan fingerprint density at radius 2 is 0.923 bits per heavy atom. The number of rotatable bonds is 49. The second kappa shape index (κ2) is 47.3. The maximum absolute atomic E-state index is 12.9. The average molecular weight is 934 g/mol. The number of hydrogen-bond donors (Lipinski definition) is 3. The van der Waals surface area contributed by atoms with Crippen LogP contribution in [0.1, 0.15) is 239 Å². The minimum Gasteiger partial charge on any atom is -0.387 e. The molecule has 9 heteroatoms. The van der Waals surface area contributed by atoms with Crippen LogP contribution >= 0.6 is 7.82 Å². The Hall–Kier alpha value is -1.80. The van der Waals surface area contributed by atoms with Crippen molar-refractivity contribution < 1.29 is 32.9 Å². The number of amides is 1. The second-order valence-electron chi connectivity index (χ2n) is 19.6. The third-order valence-corrected chi connectivity index (χ3v) is 13.0. The predicted molar refractivity (Wildman–Crippen MR) is 281 cm³/mol. The van der Waals surface area contributed by atoms with E-state index in [1.807, 2.05) is 27.2 Å². The number of aliphatic hydroxyl groups is 1. The largest absolute Gasteiger partial charge is 0.472 e. The molecule has 0 radical (unpaired) electrons. The van der Waals surface area contributed by atoms with Gasteiger partial charge in [-0.2, -0.15) is 0 Å². The van der Waals surface area contributed by atoms with Crippen molar-refractivity contribution in [3.8, 4) is 0 Å². The van der Waals surface area contributed by atoms with Crippen molar-refractivity contribution in [3.63, 3.8) is 0 Å². The number of aliphatic hydroxyl groups excluding tert-OH is 1. The van der Waals surface area contributed by atoms with Gasteiger partial charge in [-0.15, -0.1) is 0 Å². The van der Waals surface area contributed by atoms with Crippen LogP contribution in [0.5, 0.6) is 0 Å². The summed E-state index contributed by atoms with van der Waals surface area (Å²) in [6.45, 7) is 4.68. The number of hydrogen-bond acceptors (Lipinski definition) is 5. The number of carbonyl (C=O) groups is 1. The molecule has 0 saturated carbocycles. The summed E-state index contributed by atoms with van der Waals surface area (Å²) >= 11 is 0. The summed E-state index contributed by atoms with van der Waals surface area (Å²) in [5, 5.41) is 13.9. The molecular formula is C56H106N2O6P+. The summed E-state index contributed by atoms with van der Waals surface area (Å²) in [5.41, 5.74) is 0. The van der Waals surface area contributed by atoms with Crippen molar-refractivity contribution in [1.29, 1.82) is 0 Å². The van der Waals surface area contributed by atoms with Gasteiger partial charge < -0.3 is 19.8 Å². The van der Waals surface area contributed by atoms with E-state index in [9.17, 15) is 19.4 Å². The molecule has 380 valence electrons. The van der Waals surface area contributed by atoms with Gasteiger partial charge in [0.1, 0.15) is 13.2 Å². The standard InChI is InChI=1S/C56H105N2O6P/c1-6-8-10-12-14-16-18-20-22-23-24-25-26-27-28-29-30-31-32-33-34-36-37-39-41-43-45-47-49-55(59)54(53-64-65(61,62)63-52-51-58(3,4)5)57-56(60)50-48-46-44-42-40-38-35-21-19-17-15-13-11-9-7-2/h9,11,15,17,21,35,40,42,47,49,54-55,59H,6-8,10,12-14,16,18-20,22-34,36-39,41,43-46,48,50-53H2,1-5H3,(H-,57,60,61,62)/p+1/b11-9-,17-15-,35-21-,42-40-,49-47+. The normalized spacial score (nSPS) is 14.5. The van der Waals surface area contributed by atoms with Crippen LogP contribution in [0.4, 0.5) is 0 Å². The van der Waals surface area contributed by atoms with Crippen molar-refractivity contribution in [2.45, 2.75) is 251 Å². The summed E-state index contributed by atoms with van der Waals surface area (Å²) in [6.07, 6.45) is 63.3. The summed E-state index contributed by atoms with van der Waals surface area (Å²) in [7, 11) is 1.54. The van der Waals surface area contributed by atoms with E-state index in [1.165, 1.54) is 154 Å². The second-order valence-corrected chi connectivity index (χ2v) is 21.0. The molecule has 0 aromatic carbocycles. The van der Waals surface area contributed by atoms with Crippen LogP contribution in [0.2, 0.25) is 0 Å². The van der Waals surface area contributed by atoms with E-state index in [2.05, 4.69) is 67.8 Å². The fourth-order valence-corrected chi connectivity index (χ4v) is 8.48. The molecule has 3 N–H and O–H groups in total. The smallest absolute Gasteiger partial charge is 0.387 e. The van der Waals surface area contributed by atoms with Gasteiger partial charge in [0.15, 0.2) is 0 Å². The first-order valence-electron chi connectivity index (χ1n) is 27.2. The van der Waals surface area contributed by atoms with Crippen LogP contribution in [0.25, 0.3) is 0 Å². The maximum atomic E-state index is 12.9. The zero-order chi connectivity index (χ0) is 47.8. The molecule has 1 amide bonds. The van der Waals surface area contributed by atoms with Crippen molar-refractivity contribution in [3.05, 3.63) is 60.8 Å². The molecule has 0 spiro atoms. The molecule has 0 aliphatic carbocycles. The van der Waals surface area contributed by atoms with E-state index >= 15 is 0 Å². The van der Waals surface area contributed by atoms with Gasteiger partial charge in [0.05, 0.1) is 39.9 Å². The molecule has 0 aromatic rings. The molecule has 8 nitrogen and oxygen atoms in total. The van der Waals surface area contributed by atoms with Crippen LogP contribution in [0.15, 0.2) is 60.8 Å². The molecule has 0 aliphatic heterocycles. The molecule has 0 fully saturated rings. The Morgan fingerprint density at radius 1 is 0.538 bits per heavy atom. The lowest BCUT2D eigenvalue weighted by atomic mass is 10.0. The van der Waals surface area contributed by atoms with E-state index in [-0.39, 0.29) is 19.1 Å². The van der Waals surface area contributed by atoms with Crippen LogP contribution < -0.4 is 5.32 Å². The van der Waals surface area contributed by atoms with Crippen LogP contribution in [-0.2, 0) is 18.4 Å². The van der Waals surface area contributed by atoms with E-state index in [0.717, 1.165) is 57.8 Å². The minimum absolute atomic E-state index is 0.0513. The number of quaternary nitrogens is 1. The fraction of sp³-hybridized carbons (Fsp3) is 0.804. The fourth-order valence-electron chi connectivity index (χ4n) is 7.74. The highest BCUT2D eigenvalue weighted by Crippen LogP contribution is 2.43. The minimum atomic E-state index is -4.36. The van der Waals surface area contributed by atoms with Crippen LogP contribution in [0.3, 0.4) is 0 Å². The van der Waals surface area contributed by atoms with Gasteiger partial charge in [-0.1, -0.05) is 235 Å². The lowest BCUT2D eigenvalue weighted by Crippen LogP contribution is -2.45. The van der Waals surface area contributed by atoms with Gasteiger partial charge in [-0.05, 0) is 57.8 Å². The predicted octanol–water partition coefficient (Wildman–Crippen LogP) is 16.1. The number of phosphoric ester groups is 1. The van der Waals surface area contributed by atoms with E-state index in [0.29, 0.717) is 23.9 Å². The summed E-state index contributed by atoms with van der Waals surface area (Å²) in [4.78, 5) is 23.2. The molecule has 0 heterocycles. The molecule has 0 aromatic heterocycles. The number of allylic oxidation sites excluding steroid dienone is 9. The quantitative estimate of drug-likeness (QED) is 0.0243. The number of nitrogens with one attached hydrogen (secondary N) is 1. The van der Waals surface area contributed by atoms with Gasteiger partial charge in [-0.3, -0.25) is 13.8 Å². The number of nitrogens with zero attached hydrogens (tertiary/aromatic N) is 1. The Bertz CT molecular complexity index is 1240. The highest BCUT2D eigenvalue weighted by Gasteiger charge is 2.27. The van der Waals surface area contributed by atoms with E-state index in [4.69, 9.17) is 9.05 Å². The van der Waals surface area contributed by atoms with Crippen LogP contribution in [0, 0.1) is 0 Å². The third-order valence-electron chi connectivity index (χ3n) is 12.0. The molecule has 0 bridgehead atoms. The highest BCUT2D eigenvalue weighted by atomic mass is 31.2. The Balaban J connectivity index is 4.22. The topological polar surface area (TPSA) is 105 Å². The average Bonchev–Trinajstić information content (AvgIpc) is 3.26. The summed E-state index contributed by atoms with van der Waals surface area (Å²) in [5.74, 6) is -0.217. The number of unbranched alkanes of at least 4 members (excludes halogenated alkanes) is 28. The number of phosphoric acid groups is 1. The molecule has 0 aliphatic rings. The maximum Gasteiger partial charge on any atom is 0.472 e. The highest BCUT2D eigenvalue weighted by molar-refractivity contribution is 7.47. The third kappa shape index (κ3) is 49.9. The molecule has 3 atom stereocenters. The first-order chi connectivity index (χ1) is 31.5. The van der Waals surface area contributed by atoms with Crippen LogP contribution in [-0.4, -0.2) is 73.4 Å². The van der Waals surface area contributed by atoms with Crippen molar-refractivity contribution >= 4 is 13.7 Å². The van der Waals surface area contributed by atoms with Crippen molar-refractivity contribution in [1.82, 2.24) is 5.32 Å². The molecular weight excluding hydrogens is 828 g/mol. The lowest BCUT2D eigenvalue weighted by Gasteiger charge is -2.25. The SMILES string of the molecule is CC/C=C\C/C=C\C/C=C\C/C=C\CCCCC(=O)NC(COP(=O)(O)OCC[N+](C)(C)C)C(O)/C=C/CCCCCCCCCCCCCCCCCCCCCCCCCCCC. The lowest BCUT2D eigenvalue weighted by molar-refractivity contribution is -0.870. The van der Waals surface area contributed by atoms with Gasteiger partial charge >= 0.3 is 7.82 Å². The molecule has 0 saturated heterocycles. The number of carbonyl (C=O) groups excluding carboxylic acids is 1. The van der Waals surface area contributed by atoms with Gasteiger partial charge in [0, 0.05) is 6.42 Å².